The summed E-state index contributed by atoms with van der Waals surface area (Å²) in [6.45, 7) is 4.45. The first-order valence-corrected chi connectivity index (χ1v) is 5.92. The zero-order valence-electron chi connectivity index (χ0n) is 10.1. The van der Waals surface area contributed by atoms with Gasteiger partial charge in [0.15, 0.2) is 0 Å². The second-order valence-corrected chi connectivity index (χ2v) is 4.34. The Morgan fingerprint density at radius 3 is 2.89 bits per heavy atom. The standard InChI is InChI=1S/C11H14ClN3O3/c1-3-7(2)6-14-11(16)8-4-5-13-10(12)9(8)15(17)18/h4-5,7H,3,6H2,1-2H3,(H,14,16). The molecular formula is C11H14ClN3O3. The highest BCUT2D eigenvalue weighted by atomic mass is 35.5. The van der Waals surface area contributed by atoms with E-state index in [2.05, 4.69) is 10.3 Å². The van der Waals surface area contributed by atoms with Gasteiger partial charge in [-0.3, -0.25) is 14.9 Å². The lowest BCUT2D eigenvalue weighted by Crippen LogP contribution is -2.28. The molecule has 1 unspecified atom stereocenters. The monoisotopic (exact) mass is 271 g/mol. The van der Waals surface area contributed by atoms with Crippen molar-refractivity contribution in [3.05, 3.63) is 33.1 Å². The maximum atomic E-state index is 11.8. The van der Waals surface area contributed by atoms with Crippen molar-refractivity contribution in [2.24, 2.45) is 5.92 Å². The molecule has 0 saturated carbocycles. The number of pyridine rings is 1. The van der Waals surface area contributed by atoms with Crippen LogP contribution in [0.3, 0.4) is 0 Å². The van der Waals surface area contributed by atoms with E-state index < -0.39 is 16.5 Å². The van der Waals surface area contributed by atoms with Gasteiger partial charge in [-0.15, -0.1) is 0 Å². The molecule has 0 spiro atoms. The molecular weight excluding hydrogens is 258 g/mol. The van der Waals surface area contributed by atoms with E-state index in [4.69, 9.17) is 11.6 Å². The number of halogens is 1. The summed E-state index contributed by atoms with van der Waals surface area (Å²) in [5.74, 6) is -0.198. The molecule has 1 heterocycles. The quantitative estimate of drug-likeness (QED) is 0.506. The Morgan fingerprint density at radius 2 is 2.33 bits per heavy atom. The van der Waals surface area contributed by atoms with Crippen LogP contribution in [0.25, 0.3) is 0 Å². The maximum absolute atomic E-state index is 11.8. The van der Waals surface area contributed by atoms with Crippen LogP contribution in [0, 0.1) is 16.0 Å². The molecule has 0 aliphatic rings. The molecule has 6 nitrogen and oxygen atoms in total. The minimum Gasteiger partial charge on any atom is -0.352 e. The van der Waals surface area contributed by atoms with Gasteiger partial charge >= 0.3 is 5.69 Å². The van der Waals surface area contributed by atoms with Crippen LogP contribution in [0.5, 0.6) is 0 Å². The number of hydrogen-bond donors (Lipinski definition) is 1. The van der Waals surface area contributed by atoms with Crippen LogP contribution in [0.2, 0.25) is 5.15 Å². The molecule has 0 bridgehead atoms. The Morgan fingerprint density at radius 1 is 1.67 bits per heavy atom. The fourth-order valence-corrected chi connectivity index (χ4v) is 1.52. The van der Waals surface area contributed by atoms with E-state index >= 15 is 0 Å². The third kappa shape index (κ3) is 3.40. The summed E-state index contributed by atoms with van der Waals surface area (Å²) >= 11 is 5.63. The molecule has 1 amide bonds. The van der Waals surface area contributed by atoms with Gasteiger partial charge in [0, 0.05) is 12.7 Å². The van der Waals surface area contributed by atoms with Gasteiger partial charge in [0.25, 0.3) is 5.91 Å². The second kappa shape index (κ2) is 6.30. The molecule has 18 heavy (non-hydrogen) atoms. The number of rotatable bonds is 5. The lowest BCUT2D eigenvalue weighted by atomic mass is 10.1. The molecule has 0 fully saturated rings. The minimum absolute atomic E-state index is 0.0664. The van der Waals surface area contributed by atoms with E-state index in [1.165, 1.54) is 12.3 Å². The smallest absolute Gasteiger partial charge is 0.319 e. The third-order valence-corrected chi connectivity index (χ3v) is 2.89. The molecule has 0 radical (unpaired) electrons. The predicted molar refractivity (Wildman–Crippen MR) is 67.7 cm³/mol. The lowest BCUT2D eigenvalue weighted by Gasteiger charge is -2.10. The van der Waals surface area contributed by atoms with E-state index in [0.29, 0.717) is 12.5 Å². The third-order valence-electron chi connectivity index (χ3n) is 2.61. The largest absolute Gasteiger partial charge is 0.352 e. The number of hydrogen-bond acceptors (Lipinski definition) is 4. The number of carbonyl (C=O) groups is 1. The van der Waals surface area contributed by atoms with E-state index in [9.17, 15) is 14.9 Å². The number of nitro groups is 1. The Balaban J connectivity index is 2.92. The Labute approximate surface area is 110 Å². The SMILES string of the molecule is CCC(C)CNC(=O)c1ccnc(Cl)c1[N+](=O)[O-]. The zero-order valence-corrected chi connectivity index (χ0v) is 10.9. The summed E-state index contributed by atoms with van der Waals surface area (Å²) < 4.78 is 0. The second-order valence-electron chi connectivity index (χ2n) is 3.98. The van der Waals surface area contributed by atoms with Gasteiger partial charge in [0.2, 0.25) is 5.15 Å². The molecule has 1 N–H and O–H groups in total. The Kier molecular flexibility index (Phi) is 5.03. The van der Waals surface area contributed by atoms with Crippen LogP contribution >= 0.6 is 11.6 Å². The van der Waals surface area contributed by atoms with Crippen LogP contribution in [-0.2, 0) is 0 Å². The van der Waals surface area contributed by atoms with Gasteiger partial charge in [0.05, 0.1) is 4.92 Å². The molecule has 1 aromatic heterocycles. The lowest BCUT2D eigenvalue weighted by molar-refractivity contribution is -0.385. The first-order chi connectivity index (χ1) is 8.47. The first kappa shape index (κ1) is 14.4. The van der Waals surface area contributed by atoms with Crippen LogP contribution in [0.4, 0.5) is 5.69 Å². The van der Waals surface area contributed by atoms with Crippen molar-refractivity contribution in [3.8, 4) is 0 Å². The van der Waals surface area contributed by atoms with Crippen molar-refractivity contribution in [3.63, 3.8) is 0 Å². The van der Waals surface area contributed by atoms with Gasteiger partial charge in [-0.2, -0.15) is 0 Å². The summed E-state index contributed by atoms with van der Waals surface area (Å²) in [5.41, 5.74) is -0.524. The van der Waals surface area contributed by atoms with Crippen molar-refractivity contribution >= 4 is 23.2 Å². The van der Waals surface area contributed by atoms with Crippen LogP contribution in [-0.4, -0.2) is 22.4 Å². The Bertz CT molecular complexity index is 465. The van der Waals surface area contributed by atoms with Crippen molar-refractivity contribution in [2.75, 3.05) is 6.54 Å². The van der Waals surface area contributed by atoms with Crippen LogP contribution < -0.4 is 5.32 Å². The number of nitrogens with zero attached hydrogens (tertiary/aromatic N) is 2. The summed E-state index contributed by atoms with van der Waals surface area (Å²) in [6, 6.07) is 1.29. The average Bonchev–Trinajstić information content (AvgIpc) is 2.34. The van der Waals surface area contributed by atoms with Crippen molar-refractivity contribution in [2.45, 2.75) is 20.3 Å². The molecule has 0 aliphatic carbocycles. The van der Waals surface area contributed by atoms with Crippen LogP contribution in [0.15, 0.2) is 12.3 Å². The van der Waals surface area contributed by atoms with E-state index in [1.807, 2.05) is 13.8 Å². The highest BCUT2D eigenvalue weighted by molar-refractivity contribution is 6.32. The maximum Gasteiger partial charge on any atom is 0.319 e. The molecule has 1 rings (SSSR count). The number of carbonyl (C=O) groups excluding carboxylic acids is 1. The van der Waals surface area contributed by atoms with Crippen LogP contribution in [0.1, 0.15) is 30.6 Å². The zero-order chi connectivity index (χ0) is 13.7. The van der Waals surface area contributed by atoms with Crippen molar-refractivity contribution < 1.29 is 9.72 Å². The Hall–Kier alpha value is -1.69. The predicted octanol–water partition coefficient (Wildman–Crippen LogP) is 2.42. The molecule has 0 aliphatic heterocycles. The van der Waals surface area contributed by atoms with Crippen molar-refractivity contribution in [1.82, 2.24) is 10.3 Å². The number of amides is 1. The average molecular weight is 272 g/mol. The first-order valence-electron chi connectivity index (χ1n) is 5.54. The molecule has 1 atom stereocenters. The molecule has 0 saturated heterocycles. The number of aromatic nitrogens is 1. The minimum atomic E-state index is -0.701. The van der Waals surface area contributed by atoms with Gasteiger partial charge < -0.3 is 5.32 Å². The highest BCUT2D eigenvalue weighted by Gasteiger charge is 2.24. The molecule has 1 aromatic rings. The van der Waals surface area contributed by atoms with Gasteiger partial charge in [0.1, 0.15) is 5.56 Å². The summed E-state index contributed by atoms with van der Waals surface area (Å²) in [6.07, 6.45) is 2.19. The van der Waals surface area contributed by atoms with Crippen molar-refractivity contribution in [1.29, 1.82) is 0 Å². The molecule has 7 heteroatoms. The molecule has 98 valence electrons. The topological polar surface area (TPSA) is 85.1 Å². The molecule has 0 aromatic carbocycles. The summed E-state index contributed by atoms with van der Waals surface area (Å²) in [4.78, 5) is 25.6. The fourth-order valence-electron chi connectivity index (χ4n) is 1.29. The van der Waals surface area contributed by atoms with E-state index in [0.717, 1.165) is 6.42 Å². The van der Waals surface area contributed by atoms with Gasteiger partial charge in [-0.05, 0) is 12.0 Å². The van der Waals surface area contributed by atoms with E-state index in [1.54, 1.807) is 0 Å². The summed E-state index contributed by atoms with van der Waals surface area (Å²) in [7, 11) is 0. The highest BCUT2D eigenvalue weighted by Crippen LogP contribution is 2.25. The summed E-state index contributed by atoms with van der Waals surface area (Å²) in [5, 5.41) is 13.2. The van der Waals surface area contributed by atoms with Gasteiger partial charge in [-0.25, -0.2) is 4.98 Å². The normalized spacial score (nSPS) is 11.9. The number of nitrogens with one attached hydrogen (secondary N) is 1. The fraction of sp³-hybridized carbons (Fsp3) is 0.455. The van der Waals surface area contributed by atoms with E-state index in [-0.39, 0.29) is 10.7 Å². The van der Waals surface area contributed by atoms with Gasteiger partial charge in [-0.1, -0.05) is 31.9 Å².